The zero-order valence-electron chi connectivity index (χ0n) is 10.3. The van der Waals surface area contributed by atoms with Crippen LogP contribution in [0.4, 0.5) is 17.2 Å². The van der Waals surface area contributed by atoms with Gasteiger partial charge in [0.25, 0.3) is 11.6 Å². The van der Waals surface area contributed by atoms with Gasteiger partial charge in [0.05, 0.1) is 26.2 Å². The van der Waals surface area contributed by atoms with Crippen molar-refractivity contribution in [2.75, 3.05) is 11.1 Å². The van der Waals surface area contributed by atoms with Crippen molar-refractivity contribution in [2.45, 2.75) is 0 Å². The van der Waals surface area contributed by atoms with Crippen molar-refractivity contribution in [1.82, 2.24) is 4.98 Å². The van der Waals surface area contributed by atoms with Crippen molar-refractivity contribution in [2.24, 2.45) is 0 Å². The maximum Gasteiger partial charge on any atom is 0.271 e. The monoisotopic (exact) mass is 326 g/mol. The number of nitrogen functional groups attached to an aromatic ring is 1. The fourth-order valence-electron chi connectivity index (χ4n) is 1.55. The van der Waals surface area contributed by atoms with Gasteiger partial charge >= 0.3 is 0 Å². The normalized spacial score (nSPS) is 10.2. The highest BCUT2D eigenvalue weighted by Crippen LogP contribution is 2.29. The third kappa shape index (κ3) is 3.21. The molecule has 1 aromatic carbocycles. The molecule has 0 radical (unpaired) electrons. The molecule has 0 bridgehead atoms. The van der Waals surface area contributed by atoms with E-state index in [4.69, 9.17) is 28.9 Å². The van der Waals surface area contributed by atoms with Gasteiger partial charge in [-0.25, -0.2) is 4.98 Å². The van der Waals surface area contributed by atoms with E-state index in [1.54, 1.807) is 6.07 Å². The van der Waals surface area contributed by atoms with Gasteiger partial charge in [0.1, 0.15) is 0 Å². The lowest BCUT2D eigenvalue weighted by Crippen LogP contribution is -2.15. The highest BCUT2D eigenvalue weighted by atomic mass is 35.5. The molecule has 0 unspecified atom stereocenters. The van der Waals surface area contributed by atoms with Crippen molar-refractivity contribution in [3.8, 4) is 0 Å². The van der Waals surface area contributed by atoms with Gasteiger partial charge in [-0.05, 0) is 12.1 Å². The van der Waals surface area contributed by atoms with E-state index in [1.807, 2.05) is 0 Å². The van der Waals surface area contributed by atoms with Gasteiger partial charge in [-0.15, -0.1) is 0 Å². The first-order chi connectivity index (χ1) is 9.90. The predicted octanol–water partition coefficient (Wildman–Crippen LogP) is 3.13. The molecule has 0 aliphatic rings. The molecule has 0 fully saturated rings. The van der Waals surface area contributed by atoms with Crippen molar-refractivity contribution < 1.29 is 9.72 Å². The first-order valence-electron chi connectivity index (χ1n) is 5.55. The number of aromatic nitrogens is 1. The summed E-state index contributed by atoms with van der Waals surface area (Å²) in [4.78, 5) is 26.1. The van der Waals surface area contributed by atoms with Crippen molar-refractivity contribution >= 4 is 46.3 Å². The minimum atomic E-state index is -0.696. The number of carbonyl (C=O) groups excluding carboxylic acids is 1. The molecule has 1 aromatic heterocycles. The largest absolute Gasteiger partial charge is 0.397 e. The van der Waals surface area contributed by atoms with Crippen LogP contribution in [-0.2, 0) is 0 Å². The first-order valence-corrected chi connectivity index (χ1v) is 6.31. The van der Waals surface area contributed by atoms with E-state index in [-0.39, 0.29) is 32.8 Å². The van der Waals surface area contributed by atoms with Crippen LogP contribution in [0.15, 0.2) is 30.5 Å². The molecule has 0 atom stereocenters. The van der Waals surface area contributed by atoms with Crippen LogP contribution in [0.1, 0.15) is 10.4 Å². The number of carbonyl (C=O) groups is 1. The molecule has 3 N–H and O–H groups in total. The number of non-ortho nitro benzene ring substituents is 1. The topological polar surface area (TPSA) is 111 Å². The van der Waals surface area contributed by atoms with Crippen molar-refractivity contribution in [1.29, 1.82) is 0 Å². The zero-order chi connectivity index (χ0) is 15.6. The highest BCUT2D eigenvalue weighted by Gasteiger charge is 2.19. The highest BCUT2D eigenvalue weighted by molar-refractivity contribution is 6.35. The summed E-state index contributed by atoms with van der Waals surface area (Å²) in [5.74, 6) is -0.579. The Balaban J connectivity index is 2.39. The fraction of sp³-hybridized carbons (Fsp3) is 0. The number of benzene rings is 1. The van der Waals surface area contributed by atoms with Crippen LogP contribution in [0.25, 0.3) is 0 Å². The van der Waals surface area contributed by atoms with Gasteiger partial charge < -0.3 is 11.1 Å². The van der Waals surface area contributed by atoms with E-state index in [0.29, 0.717) is 0 Å². The van der Waals surface area contributed by atoms with Crippen molar-refractivity contribution in [3.63, 3.8) is 0 Å². The Morgan fingerprint density at radius 2 is 2.05 bits per heavy atom. The maximum absolute atomic E-state index is 12.1. The number of nitrogens with zero attached hydrogens (tertiary/aromatic N) is 2. The molecule has 0 aliphatic heterocycles. The summed E-state index contributed by atoms with van der Waals surface area (Å²) in [6.07, 6.45) is 1.44. The number of rotatable bonds is 3. The summed E-state index contributed by atoms with van der Waals surface area (Å²) in [6.45, 7) is 0. The zero-order valence-corrected chi connectivity index (χ0v) is 11.9. The summed E-state index contributed by atoms with van der Waals surface area (Å²) in [5, 5.41) is 13.4. The average Bonchev–Trinajstić information content (AvgIpc) is 2.43. The van der Waals surface area contributed by atoms with Crippen LogP contribution in [0.2, 0.25) is 10.0 Å². The minimum absolute atomic E-state index is 0.0631. The van der Waals surface area contributed by atoms with Crippen LogP contribution in [0.3, 0.4) is 0 Å². The molecule has 1 amide bonds. The SMILES string of the molecule is Nc1c(Cl)cc([N+](=O)[O-])cc1C(=O)Nc1ncccc1Cl. The minimum Gasteiger partial charge on any atom is -0.397 e. The standard InChI is InChI=1S/C12H8Cl2N4O3/c13-8-2-1-3-16-11(8)17-12(19)7-4-6(18(20)21)5-9(14)10(7)15/h1-5H,15H2,(H,16,17,19). The summed E-state index contributed by atoms with van der Waals surface area (Å²) in [7, 11) is 0. The Bertz CT molecular complexity index is 736. The summed E-state index contributed by atoms with van der Waals surface area (Å²) in [5.41, 5.74) is 5.14. The number of amides is 1. The Labute approximate surface area is 128 Å². The smallest absolute Gasteiger partial charge is 0.271 e. The number of pyridine rings is 1. The maximum atomic E-state index is 12.1. The lowest BCUT2D eigenvalue weighted by atomic mass is 10.1. The molecule has 0 saturated heterocycles. The van der Waals surface area contributed by atoms with Gasteiger partial charge in [-0.1, -0.05) is 23.2 Å². The van der Waals surface area contributed by atoms with Gasteiger partial charge in [0.15, 0.2) is 5.82 Å². The Morgan fingerprint density at radius 3 is 2.67 bits per heavy atom. The second kappa shape index (κ2) is 5.94. The Morgan fingerprint density at radius 1 is 1.33 bits per heavy atom. The lowest BCUT2D eigenvalue weighted by molar-refractivity contribution is -0.384. The fourth-order valence-corrected chi connectivity index (χ4v) is 1.93. The first kappa shape index (κ1) is 15.0. The van der Waals surface area contributed by atoms with Gasteiger partial charge in [-0.2, -0.15) is 0 Å². The molecule has 21 heavy (non-hydrogen) atoms. The van der Waals surface area contributed by atoms with Gasteiger partial charge in [0.2, 0.25) is 0 Å². The Hall–Kier alpha value is -2.38. The van der Waals surface area contributed by atoms with E-state index in [0.717, 1.165) is 12.1 Å². The number of nitrogens with one attached hydrogen (secondary N) is 1. The third-order valence-corrected chi connectivity index (χ3v) is 3.18. The van der Waals surface area contributed by atoms with E-state index < -0.39 is 10.8 Å². The Kier molecular flexibility index (Phi) is 4.25. The second-order valence-corrected chi connectivity index (χ2v) is 4.75. The quantitative estimate of drug-likeness (QED) is 0.511. The van der Waals surface area contributed by atoms with Crippen LogP contribution in [0, 0.1) is 10.1 Å². The summed E-state index contributed by atoms with van der Waals surface area (Å²) < 4.78 is 0. The summed E-state index contributed by atoms with van der Waals surface area (Å²) >= 11 is 11.7. The second-order valence-electron chi connectivity index (χ2n) is 3.93. The molecule has 2 aromatic rings. The molecule has 108 valence electrons. The number of nitro groups is 1. The molecular formula is C12H8Cl2N4O3. The van der Waals surface area contributed by atoms with Gasteiger partial charge in [0, 0.05) is 18.3 Å². The molecule has 1 heterocycles. The predicted molar refractivity (Wildman–Crippen MR) is 79.7 cm³/mol. The molecule has 2 rings (SSSR count). The van der Waals surface area contributed by atoms with Crippen LogP contribution in [-0.4, -0.2) is 15.8 Å². The number of anilines is 2. The van der Waals surface area contributed by atoms with Crippen LogP contribution in [0.5, 0.6) is 0 Å². The number of nitro benzene ring substituents is 1. The van der Waals surface area contributed by atoms with E-state index in [1.165, 1.54) is 12.3 Å². The lowest BCUT2D eigenvalue weighted by Gasteiger charge is -2.09. The third-order valence-electron chi connectivity index (χ3n) is 2.56. The number of nitrogens with two attached hydrogens (primary N) is 1. The molecule has 7 nitrogen and oxygen atoms in total. The average molecular weight is 327 g/mol. The van der Waals surface area contributed by atoms with Gasteiger partial charge in [-0.3, -0.25) is 14.9 Å². The molecule has 0 spiro atoms. The number of hydrogen-bond donors (Lipinski definition) is 2. The van der Waals surface area contributed by atoms with E-state index in [2.05, 4.69) is 10.3 Å². The number of halogens is 2. The molecule has 0 aliphatic carbocycles. The summed E-state index contributed by atoms with van der Waals surface area (Å²) in [6, 6.07) is 5.24. The van der Waals surface area contributed by atoms with Crippen molar-refractivity contribution in [3.05, 3.63) is 56.2 Å². The molecule has 9 heteroatoms. The number of hydrogen-bond acceptors (Lipinski definition) is 5. The van der Waals surface area contributed by atoms with E-state index in [9.17, 15) is 14.9 Å². The molecule has 0 saturated carbocycles. The van der Waals surface area contributed by atoms with Crippen LogP contribution < -0.4 is 11.1 Å². The van der Waals surface area contributed by atoms with E-state index >= 15 is 0 Å². The van der Waals surface area contributed by atoms with Crippen LogP contribution >= 0.6 is 23.2 Å². The molecular weight excluding hydrogens is 319 g/mol.